The van der Waals surface area contributed by atoms with Crippen molar-refractivity contribution in [2.45, 2.75) is 58.8 Å². The van der Waals surface area contributed by atoms with Crippen molar-refractivity contribution in [2.75, 3.05) is 6.61 Å². The number of hydrogen-bond donors (Lipinski definition) is 2. The predicted octanol–water partition coefficient (Wildman–Crippen LogP) is 0.988. The first kappa shape index (κ1) is 17.9. The van der Waals surface area contributed by atoms with Gasteiger partial charge in [-0.3, -0.25) is 9.59 Å². The first-order valence-corrected chi connectivity index (χ1v) is 6.66. The van der Waals surface area contributed by atoms with E-state index in [4.69, 9.17) is 9.84 Å². The average Bonchev–Trinajstić information content (AvgIpc) is 2.37. The van der Waals surface area contributed by atoms with E-state index in [1.165, 1.54) is 6.92 Å². The van der Waals surface area contributed by atoms with Gasteiger partial charge in [-0.15, -0.1) is 0 Å². The van der Waals surface area contributed by atoms with Crippen LogP contribution in [0.3, 0.4) is 0 Å². The lowest BCUT2D eigenvalue weighted by Crippen LogP contribution is -2.31. The zero-order valence-electron chi connectivity index (χ0n) is 11.8. The van der Waals surface area contributed by atoms with Crippen molar-refractivity contribution in [3.05, 3.63) is 0 Å². The molecule has 6 heteroatoms. The molecule has 112 valence electrons. The van der Waals surface area contributed by atoms with Crippen LogP contribution < -0.4 is 0 Å². The Kier molecular flexibility index (Phi) is 9.16. The van der Waals surface area contributed by atoms with Crippen LogP contribution in [0.5, 0.6) is 0 Å². The second-order valence-corrected chi connectivity index (χ2v) is 4.38. The predicted molar refractivity (Wildman–Crippen MR) is 68.0 cm³/mol. The number of rotatable bonds is 9. The number of aliphatic hydroxyl groups is 2. The van der Waals surface area contributed by atoms with Crippen molar-refractivity contribution in [3.8, 4) is 0 Å². The van der Waals surface area contributed by atoms with Crippen molar-refractivity contribution in [3.63, 3.8) is 0 Å². The molecule has 0 heterocycles. The summed E-state index contributed by atoms with van der Waals surface area (Å²) in [7, 11) is 0. The highest BCUT2D eigenvalue weighted by Crippen LogP contribution is 2.12. The van der Waals surface area contributed by atoms with Crippen LogP contribution >= 0.6 is 0 Å². The van der Waals surface area contributed by atoms with Crippen molar-refractivity contribution in [1.29, 1.82) is 0 Å². The van der Waals surface area contributed by atoms with E-state index in [9.17, 15) is 14.7 Å². The maximum atomic E-state index is 11.7. The monoisotopic (exact) mass is 276 g/mol. The van der Waals surface area contributed by atoms with Crippen LogP contribution in [-0.2, 0) is 19.1 Å². The number of carbonyl (C=O) groups is 2. The number of ether oxygens (including phenoxy) is 2. The van der Waals surface area contributed by atoms with Gasteiger partial charge in [-0.2, -0.15) is 0 Å². The van der Waals surface area contributed by atoms with Gasteiger partial charge in [0.2, 0.25) is 6.29 Å². The van der Waals surface area contributed by atoms with Crippen LogP contribution in [0.1, 0.15) is 46.5 Å². The van der Waals surface area contributed by atoms with E-state index < -0.39 is 24.1 Å². The normalized spacial score (nSPS) is 15.4. The molecule has 0 aliphatic rings. The highest BCUT2D eigenvalue weighted by Gasteiger charge is 2.28. The molecule has 0 amide bonds. The molecule has 0 aromatic rings. The lowest BCUT2D eigenvalue weighted by atomic mass is 10.1. The molecule has 3 atom stereocenters. The summed E-state index contributed by atoms with van der Waals surface area (Å²) in [5, 5.41) is 17.8. The number of carbonyl (C=O) groups excluding carboxylic acids is 2. The zero-order valence-corrected chi connectivity index (χ0v) is 11.8. The van der Waals surface area contributed by atoms with Crippen LogP contribution in [0.15, 0.2) is 0 Å². The van der Waals surface area contributed by atoms with E-state index in [1.54, 1.807) is 0 Å². The summed E-state index contributed by atoms with van der Waals surface area (Å²) in [6.07, 6.45) is 0.646. The van der Waals surface area contributed by atoms with Gasteiger partial charge in [0.1, 0.15) is 6.10 Å². The fourth-order valence-electron chi connectivity index (χ4n) is 1.44. The molecule has 0 fully saturated rings. The maximum absolute atomic E-state index is 11.7. The Morgan fingerprint density at radius 2 is 1.68 bits per heavy atom. The van der Waals surface area contributed by atoms with Gasteiger partial charge in [-0.1, -0.05) is 20.3 Å². The Morgan fingerprint density at radius 3 is 2.16 bits per heavy atom. The van der Waals surface area contributed by atoms with Gasteiger partial charge in [0, 0.05) is 13.0 Å². The molecule has 0 saturated heterocycles. The Morgan fingerprint density at radius 1 is 1.11 bits per heavy atom. The van der Waals surface area contributed by atoms with E-state index in [1.807, 2.05) is 13.8 Å². The third-order valence-corrected chi connectivity index (χ3v) is 2.68. The van der Waals surface area contributed by atoms with Gasteiger partial charge in [-0.05, 0) is 19.8 Å². The summed E-state index contributed by atoms with van der Waals surface area (Å²) in [4.78, 5) is 23.2. The molecule has 0 aromatic carbocycles. The van der Waals surface area contributed by atoms with E-state index >= 15 is 0 Å². The van der Waals surface area contributed by atoms with Gasteiger partial charge < -0.3 is 19.7 Å². The highest BCUT2D eigenvalue weighted by atomic mass is 16.6. The highest BCUT2D eigenvalue weighted by molar-refractivity contribution is 5.94. The zero-order chi connectivity index (χ0) is 14.8. The topological polar surface area (TPSA) is 93.1 Å². The molecule has 0 rings (SSSR count). The van der Waals surface area contributed by atoms with Crippen LogP contribution in [0.25, 0.3) is 0 Å². The van der Waals surface area contributed by atoms with Gasteiger partial charge in [0.15, 0.2) is 5.92 Å². The molecule has 0 aliphatic carbocycles. The summed E-state index contributed by atoms with van der Waals surface area (Å²) in [5.74, 6) is -2.59. The minimum Gasteiger partial charge on any atom is -0.462 e. The van der Waals surface area contributed by atoms with Gasteiger partial charge in [-0.25, -0.2) is 0 Å². The number of hydrogen-bond acceptors (Lipinski definition) is 6. The Labute approximate surface area is 113 Å². The van der Waals surface area contributed by atoms with E-state index in [2.05, 4.69) is 4.74 Å². The summed E-state index contributed by atoms with van der Waals surface area (Å²) >= 11 is 0. The van der Waals surface area contributed by atoms with Gasteiger partial charge >= 0.3 is 11.9 Å². The largest absolute Gasteiger partial charge is 0.462 e. The quantitative estimate of drug-likeness (QED) is 0.370. The fourth-order valence-corrected chi connectivity index (χ4v) is 1.44. The van der Waals surface area contributed by atoms with Gasteiger partial charge in [0.25, 0.3) is 0 Å². The minimum atomic E-state index is -1.40. The molecule has 0 radical (unpaired) electrons. The molecule has 2 N–H and O–H groups in total. The molecule has 0 aromatic heterocycles. The van der Waals surface area contributed by atoms with Crippen LogP contribution in [0.2, 0.25) is 0 Å². The maximum Gasteiger partial charge on any atom is 0.322 e. The second-order valence-electron chi connectivity index (χ2n) is 4.38. The molecule has 3 unspecified atom stereocenters. The molecule has 0 bridgehead atoms. The summed E-state index contributed by atoms with van der Waals surface area (Å²) in [6.45, 7) is 4.96. The van der Waals surface area contributed by atoms with Crippen LogP contribution in [0.4, 0.5) is 0 Å². The Hall–Kier alpha value is -1.14. The van der Waals surface area contributed by atoms with Gasteiger partial charge in [0.05, 0.1) is 0 Å². The third-order valence-electron chi connectivity index (χ3n) is 2.68. The summed E-state index contributed by atoms with van der Waals surface area (Å²) < 4.78 is 9.80. The molecule has 0 aliphatic heterocycles. The molecular weight excluding hydrogens is 252 g/mol. The average molecular weight is 276 g/mol. The van der Waals surface area contributed by atoms with Crippen molar-refractivity contribution < 1.29 is 29.3 Å². The number of aliphatic hydroxyl groups excluding tert-OH is 2. The number of esters is 2. The Bertz CT molecular complexity index is 278. The molecule has 0 saturated carbocycles. The van der Waals surface area contributed by atoms with E-state index in [-0.39, 0.29) is 19.1 Å². The first-order chi connectivity index (χ1) is 8.96. The molecular formula is C13H24O6. The SMILES string of the molecule is CCCC(CC)OC(=O)C(C)C(=O)OC(O)CCO. The first-order valence-electron chi connectivity index (χ1n) is 6.66. The second kappa shape index (κ2) is 9.75. The fraction of sp³-hybridized carbons (Fsp3) is 0.846. The smallest absolute Gasteiger partial charge is 0.322 e. The molecule has 6 nitrogen and oxygen atoms in total. The van der Waals surface area contributed by atoms with Crippen LogP contribution in [0, 0.1) is 5.92 Å². The summed E-state index contributed by atoms with van der Waals surface area (Å²) in [6, 6.07) is 0. The minimum absolute atomic E-state index is 0.0824. The van der Waals surface area contributed by atoms with Crippen molar-refractivity contribution in [1.82, 2.24) is 0 Å². The third kappa shape index (κ3) is 7.12. The standard InChI is InChI=1S/C13H24O6/c1-4-6-10(5-2)18-12(16)9(3)13(17)19-11(15)7-8-14/h9-11,14-15H,4-8H2,1-3H3. The Balaban J connectivity index is 4.27. The van der Waals surface area contributed by atoms with E-state index in [0.29, 0.717) is 6.42 Å². The lowest BCUT2D eigenvalue weighted by molar-refractivity contribution is -0.180. The van der Waals surface area contributed by atoms with Crippen molar-refractivity contribution in [2.24, 2.45) is 5.92 Å². The lowest BCUT2D eigenvalue weighted by Gasteiger charge is -2.19. The van der Waals surface area contributed by atoms with Crippen molar-refractivity contribution >= 4 is 11.9 Å². The van der Waals surface area contributed by atoms with E-state index in [0.717, 1.165) is 12.8 Å². The summed E-state index contributed by atoms with van der Waals surface area (Å²) in [5.41, 5.74) is 0. The van der Waals surface area contributed by atoms with Crippen LogP contribution in [-0.4, -0.2) is 41.2 Å². The molecule has 0 spiro atoms. The molecule has 19 heavy (non-hydrogen) atoms.